The normalized spacial score (nSPS) is 14.9. The molecule has 17 rings (SSSR count). The molecular weight excluding hydrogens is 1860 g/mol. The van der Waals surface area contributed by atoms with Gasteiger partial charge in [0.1, 0.15) is 23.6 Å². The van der Waals surface area contributed by atoms with Crippen LogP contribution in [0.4, 0.5) is 34.1 Å². The molecule has 0 spiro atoms. The maximum absolute atomic E-state index is 13.6. The first-order chi connectivity index (χ1) is 67.3. The lowest BCUT2D eigenvalue weighted by molar-refractivity contribution is -0.123. The minimum absolute atomic E-state index is 0.0159. The van der Waals surface area contributed by atoms with Crippen molar-refractivity contribution in [3.05, 3.63) is 358 Å². The molecule has 10 N–H and O–H groups in total. The molecule has 4 aliphatic heterocycles. The summed E-state index contributed by atoms with van der Waals surface area (Å²) in [5.74, 6) is -3.85. The van der Waals surface area contributed by atoms with Crippen LogP contribution in [0.25, 0.3) is 0 Å². The zero-order valence-electron chi connectivity index (χ0n) is 77.2. The SMILES string of the molecule is CC(=O)c1cccc(NC(=O)C(CS(=O)(=O)c2ccc3c(c2)CCC(=O)N3)c2ccccc2)c1.COc1ccc(OC)c(NC(=O)C(Cc2ccccc2)NS(=O)(=O)c2ccc3c(c2)CCC(=O)N3)c1.O=C1CCc2cc(S(=O)(=O)CC(C(=O)NC3CCCc4ccccc43)c3ccccc3)ccc2N1.O=C1CCc2cc(S(=O)(=O)NC(Cc3ccccc3)C(=O)NCCCc3ccccc3)ccc2N1. The Hall–Kier alpha value is -14.6. The number of sulfonamides is 2. The van der Waals surface area contributed by atoms with Crippen molar-refractivity contribution in [2.75, 3.05) is 64.2 Å². The van der Waals surface area contributed by atoms with E-state index in [0.29, 0.717) is 114 Å². The molecule has 8 amide bonds. The third-order valence-corrected chi connectivity index (χ3v) is 30.9. The molecule has 5 atom stereocenters. The van der Waals surface area contributed by atoms with Crippen LogP contribution in [0.15, 0.2) is 311 Å². The maximum Gasteiger partial charge on any atom is 0.243 e. The fourth-order valence-electron chi connectivity index (χ4n) is 17.0. The molecule has 0 radical (unpaired) electrons. The van der Waals surface area contributed by atoms with Crippen molar-refractivity contribution in [3.63, 3.8) is 0 Å². The number of rotatable bonds is 32. The smallest absolute Gasteiger partial charge is 0.243 e. The van der Waals surface area contributed by atoms with Gasteiger partial charge in [-0.2, -0.15) is 9.44 Å². The minimum atomic E-state index is -4.07. The molecule has 12 aromatic carbocycles. The van der Waals surface area contributed by atoms with E-state index in [1.807, 2.05) is 127 Å². The lowest BCUT2D eigenvalue weighted by atomic mass is 9.87. The van der Waals surface area contributed by atoms with Crippen LogP contribution in [0, 0.1) is 0 Å². The number of hydrogen-bond acceptors (Lipinski definition) is 19. The van der Waals surface area contributed by atoms with Gasteiger partial charge in [0.25, 0.3) is 0 Å². The standard InChI is InChI=1S/C28H28N2O4S.C27H29N3O4S.C26H27N3O6S.C26H24N2O5S/c31-27-16-13-21-17-22(14-15-25(21)29-27)35(33,34)18-24(20-7-2-1-3-8-20)28(32)30-26-12-6-10-19-9-4-5-11-23(19)26;31-26-16-13-22-19-23(14-15-24(22)29-26)35(33,34)30-25(18-21-10-5-2-6-11-21)27(32)28-17-7-12-20-8-3-1-4-9-20;1-34-19-9-12-24(35-2)22(16-19)28-26(31)23(14-17-6-4-3-5-7-17)29-36(32,33)20-10-11-21-18(15-20)8-13-25(30)27-21;1-17(29)19-8-5-9-21(14-19)27-26(31)23(18-6-3-2-4-7-18)16-34(32,33)22-11-12-24-20(15-22)10-13-25(30)28-24/h1-5,7-9,11,14-15,17,24,26H,6,10,12-13,16,18H2,(H,29,31)(H,30,32);1-6,8-11,14-15,19,25,30H,7,12-13,16-18H2,(H,28,32)(H,29,31);3-7,9-12,15-16,23,29H,8,13-14H2,1-2H3,(H,27,30)(H,28,31);2-9,11-12,14-15,23H,10,13,16H2,1H3,(H,27,31)(H,28,30). The first-order valence-corrected chi connectivity index (χ1v) is 52.1. The Labute approximate surface area is 814 Å². The Balaban J connectivity index is 0.000000149. The Bertz CT molecular complexity index is 7070. The summed E-state index contributed by atoms with van der Waals surface area (Å²) in [7, 11) is -12.7. The number of ketones is 1. The van der Waals surface area contributed by atoms with E-state index < -0.39 is 81.2 Å². The Kier molecular flexibility index (Phi) is 33.8. The van der Waals surface area contributed by atoms with Crippen molar-refractivity contribution in [1.29, 1.82) is 0 Å². The van der Waals surface area contributed by atoms with Crippen molar-refractivity contribution in [2.24, 2.45) is 0 Å². The molecule has 5 aliphatic rings. The number of benzene rings is 12. The number of hydrogen-bond donors (Lipinski definition) is 10. The molecule has 12 aromatic rings. The molecule has 4 heterocycles. The van der Waals surface area contributed by atoms with Gasteiger partial charge in [0, 0.05) is 72.3 Å². The molecule has 0 saturated carbocycles. The summed E-state index contributed by atoms with van der Waals surface area (Å²) in [5, 5.41) is 22.6. The minimum Gasteiger partial charge on any atom is -0.497 e. The highest BCUT2D eigenvalue weighted by Crippen LogP contribution is 2.37. The summed E-state index contributed by atoms with van der Waals surface area (Å²) in [5.41, 5.74) is 13.1. The lowest BCUT2D eigenvalue weighted by Gasteiger charge is -2.28. The molecule has 0 fully saturated rings. The van der Waals surface area contributed by atoms with E-state index in [1.165, 1.54) is 62.6 Å². The van der Waals surface area contributed by atoms with Gasteiger partial charge in [-0.15, -0.1) is 0 Å². The molecule has 33 heteroatoms. The third-order valence-electron chi connectivity index (χ3n) is 24.5. The second-order valence-electron chi connectivity index (χ2n) is 34.4. The second-order valence-corrected chi connectivity index (χ2v) is 41.9. The fraction of sp³-hybridized carbons (Fsp3) is 0.243. The van der Waals surface area contributed by atoms with E-state index >= 15 is 0 Å². The van der Waals surface area contributed by atoms with Crippen molar-refractivity contribution >= 4 is 127 Å². The van der Waals surface area contributed by atoms with Crippen LogP contribution in [-0.4, -0.2) is 131 Å². The number of carbonyl (C=O) groups excluding carboxylic acids is 9. The summed E-state index contributed by atoms with van der Waals surface area (Å²) in [6.07, 6.45) is 7.79. The van der Waals surface area contributed by atoms with Crippen LogP contribution >= 0.6 is 0 Å². The third kappa shape index (κ3) is 27.3. The number of aryl methyl sites for hydroxylation is 6. The van der Waals surface area contributed by atoms with Gasteiger partial charge >= 0.3 is 0 Å². The summed E-state index contributed by atoms with van der Waals surface area (Å²) >= 11 is 0. The van der Waals surface area contributed by atoms with E-state index in [0.717, 1.165) is 71.0 Å². The quantitative estimate of drug-likeness (QED) is 0.0138. The second kappa shape index (κ2) is 46.7. The van der Waals surface area contributed by atoms with Gasteiger partial charge < -0.3 is 52.0 Å². The van der Waals surface area contributed by atoms with Gasteiger partial charge in [0.2, 0.25) is 67.3 Å². The average molecular weight is 1970 g/mol. The highest BCUT2D eigenvalue weighted by molar-refractivity contribution is 7.92. The maximum atomic E-state index is 13.6. The summed E-state index contributed by atoms with van der Waals surface area (Å²) in [6.45, 7) is 1.88. The monoisotopic (exact) mass is 1960 g/mol. The van der Waals surface area contributed by atoms with Gasteiger partial charge in [-0.3, -0.25) is 43.2 Å². The summed E-state index contributed by atoms with van der Waals surface area (Å²) in [4.78, 5) is 112. The zero-order valence-corrected chi connectivity index (χ0v) is 80.5. The van der Waals surface area contributed by atoms with Gasteiger partial charge in [0.15, 0.2) is 25.5 Å². The van der Waals surface area contributed by atoms with Crippen LogP contribution in [0.3, 0.4) is 0 Å². The van der Waals surface area contributed by atoms with Gasteiger partial charge in [0.05, 0.1) is 68.9 Å². The lowest BCUT2D eigenvalue weighted by Crippen LogP contribution is -2.48. The number of amides is 8. The van der Waals surface area contributed by atoms with E-state index in [1.54, 1.807) is 127 Å². The zero-order chi connectivity index (χ0) is 99.1. The van der Waals surface area contributed by atoms with E-state index in [2.05, 4.69) is 58.0 Å². The molecule has 0 bridgehead atoms. The molecule has 5 unspecified atom stereocenters. The number of methoxy groups -OCH3 is 2. The predicted octanol–water partition coefficient (Wildman–Crippen LogP) is 14.6. The highest BCUT2D eigenvalue weighted by atomic mass is 32.2. The molecule has 1 aliphatic carbocycles. The molecular formula is C107H108N10O19S4. The van der Waals surface area contributed by atoms with Crippen LogP contribution in [0.1, 0.15) is 141 Å². The molecule has 0 saturated heterocycles. The molecule has 0 aromatic heterocycles. The molecule has 29 nitrogen and oxygen atoms in total. The number of carbonyl (C=O) groups is 9. The fourth-order valence-corrected chi connectivity index (χ4v) is 22.7. The van der Waals surface area contributed by atoms with Crippen LogP contribution < -0.4 is 61.5 Å². The first kappa shape index (κ1) is 101. The summed E-state index contributed by atoms with van der Waals surface area (Å²) < 4.78 is 123. The topological polar surface area (TPSA) is 429 Å². The number of nitrogens with one attached hydrogen (secondary N) is 10. The van der Waals surface area contributed by atoms with Crippen molar-refractivity contribution in [2.45, 2.75) is 153 Å². The van der Waals surface area contributed by atoms with Crippen LogP contribution in [0.5, 0.6) is 11.5 Å². The van der Waals surface area contributed by atoms with E-state index in [9.17, 15) is 76.8 Å². The van der Waals surface area contributed by atoms with E-state index in [-0.39, 0.29) is 91.9 Å². The van der Waals surface area contributed by atoms with Gasteiger partial charge in [-0.25, -0.2) is 33.7 Å². The van der Waals surface area contributed by atoms with Crippen LogP contribution in [-0.2, 0) is 129 Å². The highest BCUT2D eigenvalue weighted by Gasteiger charge is 2.36. The number of ether oxygens (including phenoxy) is 2. The largest absolute Gasteiger partial charge is 0.497 e. The Morgan fingerprint density at radius 2 is 0.807 bits per heavy atom. The van der Waals surface area contributed by atoms with Crippen LogP contribution in [0.2, 0.25) is 0 Å². The Morgan fingerprint density at radius 3 is 1.26 bits per heavy atom. The van der Waals surface area contributed by atoms with Crippen molar-refractivity contribution in [1.82, 2.24) is 20.1 Å². The predicted molar refractivity (Wildman–Crippen MR) is 536 cm³/mol. The first-order valence-electron chi connectivity index (χ1n) is 45.9. The molecule has 724 valence electrons. The number of fused-ring (bicyclic) bond motifs is 5. The Morgan fingerprint density at radius 1 is 0.386 bits per heavy atom. The van der Waals surface area contributed by atoms with Crippen molar-refractivity contribution < 1.29 is 86.3 Å². The number of Topliss-reactive ketones (excluding diaryl/α,β-unsaturated/α-hetero) is 1. The number of anilines is 6. The average Bonchev–Trinajstić information content (AvgIpc) is 0.791. The summed E-state index contributed by atoms with van der Waals surface area (Å²) in [6, 6.07) is 82.1. The van der Waals surface area contributed by atoms with E-state index in [4.69, 9.17) is 9.47 Å². The van der Waals surface area contributed by atoms with Gasteiger partial charge in [-0.05, 0) is 236 Å². The molecule has 140 heavy (non-hydrogen) atoms. The van der Waals surface area contributed by atoms with Crippen molar-refractivity contribution in [3.8, 4) is 11.5 Å². The van der Waals surface area contributed by atoms with Gasteiger partial charge in [-0.1, -0.05) is 188 Å². The number of sulfone groups is 2.